The summed E-state index contributed by atoms with van der Waals surface area (Å²) in [5, 5.41) is 2.96. The summed E-state index contributed by atoms with van der Waals surface area (Å²) >= 11 is 0. The van der Waals surface area contributed by atoms with Gasteiger partial charge in [-0.2, -0.15) is 0 Å². The molecule has 1 aromatic heterocycles. The molecule has 1 aliphatic rings. The number of likely N-dealkylation sites (N-methyl/N-ethyl adjacent to an activating group) is 1. The van der Waals surface area contributed by atoms with Crippen LogP contribution in [0.3, 0.4) is 0 Å². The van der Waals surface area contributed by atoms with Gasteiger partial charge in [0.1, 0.15) is 12.6 Å². The van der Waals surface area contributed by atoms with Gasteiger partial charge in [-0.05, 0) is 31.1 Å². The third-order valence-corrected chi connectivity index (χ3v) is 3.52. The zero-order valence-electron chi connectivity index (χ0n) is 13.2. The van der Waals surface area contributed by atoms with E-state index in [0.29, 0.717) is 40.7 Å². The zero-order valence-corrected chi connectivity index (χ0v) is 13.2. The summed E-state index contributed by atoms with van der Waals surface area (Å²) in [5.74, 6) is 0.830. The minimum atomic E-state index is 0.392. The maximum absolute atomic E-state index is 10.4. The van der Waals surface area contributed by atoms with Crippen molar-refractivity contribution in [3.05, 3.63) is 47.2 Å². The van der Waals surface area contributed by atoms with Gasteiger partial charge in [-0.1, -0.05) is 0 Å². The predicted molar refractivity (Wildman–Crippen MR) is 88.2 cm³/mol. The molecule has 2 rings (SSSR count). The van der Waals surface area contributed by atoms with Crippen LogP contribution in [0.1, 0.15) is 30.0 Å². The Morgan fingerprint density at radius 3 is 2.70 bits per heavy atom. The van der Waals surface area contributed by atoms with Crippen molar-refractivity contribution in [3.63, 3.8) is 0 Å². The minimum Gasteiger partial charge on any atom is -0.480 e. The summed E-state index contributed by atoms with van der Waals surface area (Å²) in [7, 11) is 3.27. The summed E-state index contributed by atoms with van der Waals surface area (Å²) in [6.45, 7) is 0. The molecule has 23 heavy (non-hydrogen) atoms. The largest absolute Gasteiger partial charge is 0.480 e. The Morgan fingerprint density at radius 1 is 1.39 bits per heavy atom. The molecular weight excluding hydrogens is 294 g/mol. The van der Waals surface area contributed by atoms with E-state index >= 15 is 0 Å². The molecular formula is C16H21N5O2. The number of nitrogens with zero attached hydrogens (tertiary/aromatic N) is 2. The highest BCUT2D eigenvalue weighted by Crippen LogP contribution is 2.43. The average molecular weight is 315 g/mol. The van der Waals surface area contributed by atoms with E-state index in [1.54, 1.807) is 20.2 Å². The van der Waals surface area contributed by atoms with Crippen LogP contribution in [-0.2, 0) is 4.79 Å². The normalized spacial score (nSPS) is 16.2. The van der Waals surface area contributed by atoms with Crippen molar-refractivity contribution in [2.24, 2.45) is 11.5 Å². The van der Waals surface area contributed by atoms with Gasteiger partial charge >= 0.3 is 0 Å². The van der Waals surface area contributed by atoms with Crippen molar-refractivity contribution >= 4 is 12.0 Å². The number of ether oxygens (including phenoxy) is 1. The Morgan fingerprint density at radius 2 is 2.13 bits per heavy atom. The highest BCUT2D eigenvalue weighted by molar-refractivity contribution is 5.72. The zero-order chi connectivity index (χ0) is 16.8. The van der Waals surface area contributed by atoms with Gasteiger partial charge in [-0.15, -0.1) is 0 Å². The summed E-state index contributed by atoms with van der Waals surface area (Å²) in [5.41, 5.74) is 15.2. The maximum atomic E-state index is 10.4. The molecule has 0 amide bonds. The predicted octanol–water partition coefficient (Wildman–Crippen LogP) is 0.807. The Hall–Kier alpha value is -2.83. The van der Waals surface area contributed by atoms with Gasteiger partial charge < -0.3 is 21.5 Å². The lowest BCUT2D eigenvalue weighted by atomic mass is 10.1. The van der Waals surface area contributed by atoms with E-state index in [2.05, 4.69) is 15.3 Å². The quantitative estimate of drug-likeness (QED) is 0.387. The molecule has 0 saturated heterocycles. The van der Waals surface area contributed by atoms with Gasteiger partial charge in [0.25, 0.3) is 0 Å². The number of aromatic nitrogens is 2. The second kappa shape index (κ2) is 7.44. The number of nitrogens with two attached hydrogens (primary N) is 2. The molecule has 1 heterocycles. The summed E-state index contributed by atoms with van der Waals surface area (Å²) < 4.78 is 5.33. The first-order valence-corrected chi connectivity index (χ1v) is 7.28. The first kappa shape index (κ1) is 16.5. The molecule has 122 valence electrons. The lowest BCUT2D eigenvalue weighted by molar-refractivity contribution is -0.104. The minimum absolute atomic E-state index is 0.392. The molecule has 0 atom stereocenters. The fourth-order valence-corrected chi connectivity index (χ4v) is 2.23. The van der Waals surface area contributed by atoms with E-state index < -0.39 is 0 Å². The Labute approximate surface area is 135 Å². The van der Waals surface area contributed by atoms with Gasteiger partial charge in [-0.25, -0.2) is 9.97 Å². The van der Waals surface area contributed by atoms with Crippen LogP contribution in [0, 0.1) is 0 Å². The number of rotatable bonds is 7. The number of carbonyl (C=O) groups is 1. The number of allylic oxidation sites excluding steroid dienone is 3. The van der Waals surface area contributed by atoms with Gasteiger partial charge in [0.15, 0.2) is 0 Å². The molecule has 0 aliphatic heterocycles. The Balaban J connectivity index is 2.48. The standard InChI is InChI=1S/C16H21N5O2/c1-19-13(11(17)4-3-7-22)8-12(18)14-15(10-5-6-10)20-9-21-16(14)23-2/h3-4,7-10,19H,5-6,17-18H2,1-2H3/b4-3-,12-8-,13-11+. The van der Waals surface area contributed by atoms with E-state index in [1.807, 2.05) is 0 Å². The van der Waals surface area contributed by atoms with Gasteiger partial charge in [0, 0.05) is 18.7 Å². The molecule has 7 heteroatoms. The van der Waals surface area contributed by atoms with Crippen LogP contribution < -0.4 is 21.5 Å². The summed E-state index contributed by atoms with van der Waals surface area (Å²) in [6.07, 6.45) is 8.82. The lowest BCUT2D eigenvalue weighted by Crippen LogP contribution is -2.14. The molecule has 1 aromatic rings. The van der Waals surface area contributed by atoms with Gasteiger partial charge in [-0.3, -0.25) is 4.79 Å². The molecule has 1 fully saturated rings. The van der Waals surface area contributed by atoms with Crippen LogP contribution >= 0.6 is 0 Å². The van der Waals surface area contributed by atoms with Crippen molar-refractivity contribution in [3.8, 4) is 5.88 Å². The van der Waals surface area contributed by atoms with E-state index in [0.717, 1.165) is 18.5 Å². The third-order valence-electron chi connectivity index (χ3n) is 3.52. The molecule has 7 nitrogen and oxygen atoms in total. The summed E-state index contributed by atoms with van der Waals surface area (Å²) in [6, 6.07) is 0. The molecule has 1 aliphatic carbocycles. The Bertz CT molecular complexity index is 675. The molecule has 0 unspecified atom stereocenters. The smallest absolute Gasteiger partial charge is 0.225 e. The second-order valence-electron chi connectivity index (χ2n) is 5.13. The monoisotopic (exact) mass is 315 g/mol. The molecule has 0 radical (unpaired) electrons. The van der Waals surface area contributed by atoms with Crippen LogP contribution in [0.2, 0.25) is 0 Å². The van der Waals surface area contributed by atoms with Gasteiger partial charge in [0.05, 0.1) is 29.8 Å². The van der Waals surface area contributed by atoms with E-state index in [1.165, 1.54) is 18.5 Å². The van der Waals surface area contributed by atoms with E-state index in [4.69, 9.17) is 16.2 Å². The van der Waals surface area contributed by atoms with Crippen LogP contribution in [0.25, 0.3) is 5.70 Å². The molecule has 0 aromatic carbocycles. The number of nitrogens with one attached hydrogen (secondary N) is 1. The highest BCUT2D eigenvalue weighted by atomic mass is 16.5. The number of hydrogen-bond donors (Lipinski definition) is 3. The van der Waals surface area contributed by atoms with E-state index in [-0.39, 0.29) is 0 Å². The first-order valence-electron chi connectivity index (χ1n) is 7.28. The van der Waals surface area contributed by atoms with Crippen molar-refractivity contribution in [1.29, 1.82) is 0 Å². The SMILES string of the molecule is CNC(/C=C(\N)c1c(OC)ncnc1C1CC1)=C(N)\C=C/C=O. The average Bonchev–Trinajstić information content (AvgIpc) is 3.41. The lowest BCUT2D eigenvalue weighted by Gasteiger charge is -2.13. The van der Waals surface area contributed by atoms with Crippen molar-refractivity contribution < 1.29 is 9.53 Å². The summed E-state index contributed by atoms with van der Waals surface area (Å²) in [4.78, 5) is 18.9. The fourth-order valence-electron chi connectivity index (χ4n) is 2.23. The van der Waals surface area contributed by atoms with Crippen LogP contribution in [0.4, 0.5) is 0 Å². The molecule has 0 spiro atoms. The third kappa shape index (κ3) is 3.88. The molecule has 1 saturated carbocycles. The van der Waals surface area contributed by atoms with E-state index in [9.17, 15) is 4.79 Å². The number of aldehydes is 1. The Kier molecular flexibility index (Phi) is 5.35. The number of carbonyl (C=O) groups excluding carboxylic acids is 1. The molecule has 0 bridgehead atoms. The number of hydrogen-bond acceptors (Lipinski definition) is 7. The number of methoxy groups -OCH3 is 1. The second-order valence-corrected chi connectivity index (χ2v) is 5.13. The van der Waals surface area contributed by atoms with Gasteiger partial charge in [0.2, 0.25) is 5.88 Å². The first-order chi connectivity index (χ1) is 11.1. The van der Waals surface area contributed by atoms with Crippen molar-refractivity contribution in [2.75, 3.05) is 14.2 Å². The molecule has 5 N–H and O–H groups in total. The van der Waals surface area contributed by atoms with Crippen molar-refractivity contribution in [2.45, 2.75) is 18.8 Å². The fraction of sp³-hybridized carbons (Fsp3) is 0.312. The highest BCUT2D eigenvalue weighted by Gasteiger charge is 2.30. The van der Waals surface area contributed by atoms with Crippen LogP contribution in [0.15, 0.2) is 35.9 Å². The maximum Gasteiger partial charge on any atom is 0.225 e. The van der Waals surface area contributed by atoms with Crippen LogP contribution in [-0.4, -0.2) is 30.4 Å². The topological polar surface area (TPSA) is 116 Å². The van der Waals surface area contributed by atoms with Crippen molar-refractivity contribution in [1.82, 2.24) is 15.3 Å². The van der Waals surface area contributed by atoms with Crippen LogP contribution in [0.5, 0.6) is 5.88 Å².